The summed E-state index contributed by atoms with van der Waals surface area (Å²) < 4.78 is 0. The molecule has 2 aliphatic heterocycles. The van der Waals surface area contributed by atoms with Crippen molar-refractivity contribution in [3.63, 3.8) is 0 Å². The Morgan fingerprint density at radius 2 is 1.79 bits per heavy atom. The first-order valence-electron chi connectivity index (χ1n) is 9.31. The Labute approximate surface area is 145 Å². The van der Waals surface area contributed by atoms with Gasteiger partial charge in [0.05, 0.1) is 11.4 Å². The maximum atomic E-state index is 12.4. The maximum Gasteiger partial charge on any atom is 0.222 e. The van der Waals surface area contributed by atoms with Crippen LogP contribution in [0.15, 0.2) is 18.2 Å². The van der Waals surface area contributed by atoms with Crippen molar-refractivity contribution in [1.29, 1.82) is 0 Å². The normalized spacial score (nSPS) is 19.0. The third-order valence-corrected chi connectivity index (χ3v) is 5.34. The Hall–Kier alpha value is -1.75. The van der Waals surface area contributed by atoms with Gasteiger partial charge in [0.2, 0.25) is 5.91 Å². The van der Waals surface area contributed by atoms with E-state index in [-0.39, 0.29) is 5.91 Å². The molecule has 0 spiro atoms. The minimum Gasteiger partial charge on any atom is -0.397 e. The van der Waals surface area contributed by atoms with Crippen LogP contribution in [0.2, 0.25) is 0 Å². The SMILES string of the molecule is CCN1CCN(C(=O)CCc2ccc(N3CCCC3)c(N)c2)CC1. The fourth-order valence-corrected chi connectivity index (χ4v) is 3.73. The molecule has 5 heteroatoms. The van der Waals surface area contributed by atoms with Crippen LogP contribution in [0.4, 0.5) is 11.4 Å². The van der Waals surface area contributed by atoms with Crippen molar-refractivity contribution in [2.75, 3.05) is 56.4 Å². The van der Waals surface area contributed by atoms with Gasteiger partial charge in [-0.1, -0.05) is 13.0 Å². The van der Waals surface area contributed by atoms with Gasteiger partial charge in [-0.15, -0.1) is 0 Å². The lowest BCUT2D eigenvalue weighted by molar-refractivity contribution is -0.132. The molecule has 0 radical (unpaired) electrons. The van der Waals surface area contributed by atoms with Crippen molar-refractivity contribution < 1.29 is 4.79 Å². The highest BCUT2D eigenvalue weighted by atomic mass is 16.2. The summed E-state index contributed by atoms with van der Waals surface area (Å²) in [6.07, 6.45) is 3.86. The highest BCUT2D eigenvalue weighted by molar-refractivity contribution is 5.77. The zero-order valence-electron chi connectivity index (χ0n) is 14.8. The first-order valence-corrected chi connectivity index (χ1v) is 9.31. The van der Waals surface area contributed by atoms with E-state index in [0.717, 1.165) is 69.2 Å². The number of benzene rings is 1. The van der Waals surface area contributed by atoms with Crippen molar-refractivity contribution in [3.8, 4) is 0 Å². The van der Waals surface area contributed by atoms with Gasteiger partial charge in [-0.25, -0.2) is 0 Å². The number of carbonyl (C=O) groups excluding carboxylic acids is 1. The molecular weight excluding hydrogens is 300 g/mol. The summed E-state index contributed by atoms with van der Waals surface area (Å²) in [6, 6.07) is 6.31. The summed E-state index contributed by atoms with van der Waals surface area (Å²) in [6.45, 7) is 9.18. The minimum atomic E-state index is 0.271. The fraction of sp³-hybridized carbons (Fsp3) is 0.632. The number of amides is 1. The van der Waals surface area contributed by atoms with Gasteiger partial charge in [0.15, 0.2) is 0 Å². The van der Waals surface area contributed by atoms with E-state index in [1.165, 1.54) is 12.8 Å². The van der Waals surface area contributed by atoms with Gasteiger partial charge in [-0.05, 0) is 43.5 Å². The van der Waals surface area contributed by atoms with Gasteiger partial charge in [0.25, 0.3) is 0 Å². The average molecular weight is 330 g/mol. The van der Waals surface area contributed by atoms with Crippen molar-refractivity contribution in [2.45, 2.75) is 32.6 Å². The van der Waals surface area contributed by atoms with Crippen LogP contribution in [0.5, 0.6) is 0 Å². The third kappa shape index (κ3) is 4.01. The predicted octanol–water partition coefficient (Wildman–Crippen LogP) is 1.97. The number of nitrogens with two attached hydrogens (primary N) is 1. The van der Waals surface area contributed by atoms with Crippen LogP contribution in [0.25, 0.3) is 0 Å². The molecule has 24 heavy (non-hydrogen) atoms. The molecule has 1 amide bonds. The Morgan fingerprint density at radius 3 is 2.42 bits per heavy atom. The Kier molecular flexibility index (Phi) is 5.61. The molecule has 132 valence electrons. The summed E-state index contributed by atoms with van der Waals surface area (Å²) in [7, 11) is 0. The number of hydrogen-bond acceptors (Lipinski definition) is 4. The van der Waals surface area contributed by atoms with Gasteiger partial charge in [-0.3, -0.25) is 4.79 Å². The van der Waals surface area contributed by atoms with Crippen molar-refractivity contribution in [1.82, 2.24) is 9.80 Å². The molecule has 2 heterocycles. The highest BCUT2D eigenvalue weighted by Gasteiger charge is 2.20. The van der Waals surface area contributed by atoms with Gasteiger partial charge < -0.3 is 20.4 Å². The van der Waals surface area contributed by atoms with Gasteiger partial charge in [-0.2, -0.15) is 0 Å². The van der Waals surface area contributed by atoms with E-state index in [4.69, 9.17) is 5.73 Å². The van der Waals surface area contributed by atoms with Crippen LogP contribution >= 0.6 is 0 Å². The smallest absolute Gasteiger partial charge is 0.222 e. The molecule has 5 nitrogen and oxygen atoms in total. The molecular formula is C19H30N4O. The Balaban J connectivity index is 1.51. The lowest BCUT2D eigenvalue weighted by Crippen LogP contribution is -2.48. The van der Waals surface area contributed by atoms with Crippen LogP contribution in [0.3, 0.4) is 0 Å². The number of likely N-dealkylation sites (N-methyl/N-ethyl adjacent to an activating group) is 1. The number of piperazine rings is 1. The lowest BCUT2D eigenvalue weighted by Gasteiger charge is -2.34. The highest BCUT2D eigenvalue weighted by Crippen LogP contribution is 2.28. The van der Waals surface area contributed by atoms with Crippen LogP contribution in [0.1, 0.15) is 31.7 Å². The van der Waals surface area contributed by atoms with E-state index in [0.29, 0.717) is 6.42 Å². The molecule has 0 aromatic heterocycles. The van der Waals surface area contributed by atoms with E-state index >= 15 is 0 Å². The molecule has 0 unspecified atom stereocenters. The maximum absolute atomic E-state index is 12.4. The molecule has 2 N–H and O–H groups in total. The summed E-state index contributed by atoms with van der Waals surface area (Å²) in [5.74, 6) is 0.271. The second-order valence-electron chi connectivity index (χ2n) is 6.90. The number of anilines is 2. The van der Waals surface area contributed by atoms with Gasteiger partial charge >= 0.3 is 0 Å². The van der Waals surface area contributed by atoms with Crippen molar-refractivity contribution in [3.05, 3.63) is 23.8 Å². The van der Waals surface area contributed by atoms with E-state index in [2.05, 4.69) is 34.9 Å². The number of rotatable bonds is 5. The van der Waals surface area contributed by atoms with Crippen LogP contribution in [0, 0.1) is 0 Å². The Bertz CT molecular complexity index is 560. The second-order valence-corrected chi connectivity index (χ2v) is 6.90. The summed E-state index contributed by atoms with van der Waals surface area (Å²) in [4.78, 5) is 19.2. The largest absolute Gasteiger partial charge is 0.397 e. The summed E-state index contributed by atoms with van der Waals surface area (Å²) in [5, 5.41) is 0. The van der Waals surface area contributed by atoms with Crippen molar-refractivity contribution in [2.24, 2.45) is 0 Å². The first kappa shape index (κ1) is 17.1. The van der Waals surface area contributed by atoms with E-state index in [1.54, 1.807) is 0 Å². The molecule has 1 aromatic carbocycles. The van der Waals surface area contributed by atoms with E-state index in [9.17, 15) is 4.79 Å². The molecule has 2 saturated heterocycles. The molecule has 3 rings (SSSR count). The minimum absolute atomic E-state index is 0.271. The van der Waals surface area contributed by atoms with Crippen molar-refractivity contribution >= 4 is 17.3 Å². The molecule has 0 bridgehead atoms. The van der Waals surface area contributed by atoms with Crippen LogP contribution in [-0.2, 0) is 11.2 Å². The molecule has 2 aliphatic rings. The van der Waals surface area contributed by atoms with Gasteiger partial charge in [0, 0.05) is 45.7 Å². The average Bonchev–Trinajstić information content (AvgIpc) is 3.14. The number of nitrogen functional groups attached to an aromatic ring is 1. The van der Waals surface area contributed by atoms with Gasteiger partial charge in [0.1, 0.15) is 0 Å². The lowest BCUT2D eigenvalue weighted by atomic mass is 10.1. The topological polar surface area (TPSA) is 52.8 Å². The molecule has 0 saturated carbocycles. The van der Waals surface area contributed by atoms with Crippen LogP contribution in [-0.4, -0.2) is 61.5 Å². The second kappa shape index (κ2) is 7.88. The molecule has 1 aromatic rings. The zero-order chi connectivity index (χ0) is 16.9. The number of nitrogens with zero attached hydrogens (tertiary/aromatic N) is 3. The fourth-order valence-electron chi connectivity index (χ4n) is 3.73. The molecule has 0 atom stereocenters. The predicted molar refractivity (Wildman–Crippen MR) is 99.3 cm³/mol. The first-order chi connectivity index (χ1) is 11.7. The zero-order valence-corrected chi connectivity index (χ0v) is 14.8. The van der Waals surface area contributed by atoms with Crippen LogP contribution < -0.4 is 10.6 Å². The number of hydrogen-bond donors (Lipinski definition) is 1. The van der Waals surface area contributed by atoms with E-state index < -0.39 is 0 Å². The number of carbonyl (C=O) groups is 1. The Morgan fingerprint density at radius 1 is 1.08 bits per heavy atom. The molecule has 2 fully saturated rings. The summed E-state index contributed by atoms with van der Waals surface area (Å²) >= 11 is 0. The number of aryl methyl sites for hydroxylation is 1. The third-order valence-electron chi connectivity index (χ3n) is 5.34. The standard InChI is InChI=1S/C19H30N4O/c1-2-21-11-13-23(14-12-21)19(24)8-6-16-5-7-18(17(20)15-16)22-9-3-4-10-22/h5,7,15H,2-4,6,8-14,20H2,1H3. The monoisotopic (exact) mass is 330 g/mol. The quantitative estimate of drug-likeness (QED) is 0.839. The summed E-state index contributed by atoms with van der Waals surface area (Å²) in [5.41, 5.74) is 9.40. The molecule has 0 aliphatic carbocycles. The van der Waals surface area contributed by atoms with E-state index in [1.807, 2.05) is 4.90 Å².